The predicted octanol–water partition coefficient (Wildman–Crippen LogP) is 1.49. The number of carbonyl (C=O) groups is 1. The minimum atomic E-state index is -0.686. The van der Waals surface area contributed by atoms with E-state index in [2.05, 4.69) is 19.2 Å². The third kappa shape index (κ3) is 2.21. The number of hydrogen-bond acceptors (Lipinski definition) is 2. The van der Waals surface area contributed by atoms with Crippen LogP contribution in [0.3, 0.4) is 0 Å². The third-order valence-corrected chi connectivity index (χ3v) is 3.19. The van der Waals surface area contributed by atoms with Crippen LogP contribution in [-0.4, -0.2) is 23.7 Å². The minimum Gasteiger partial charge on any atom is -0.480 e. The Kier molecular flexibility index (Phi) is 3.72. The second-order valence-corrected chi connectivity index (χ2v) is 3.80. The first-order valence-corrected chi connectivity index (χ1v) is 5.16. The van der Waals surface area contributed by atoms with E-state index in [1.807, 2.05) is 0 Å². The van der Waals surface area contributed by atoms with E-state index in [0.717, 1.165) is 25.8 Å². The number of carboxylic acid groups (broad SMARTS) is 1. The van der Waals surface area contributed by atoms with Crippen LogP contribution in [0.2, 0.25) is 0 Å². The molecule has 0 aliphatic carbocycles. The van der Waals surface area contributed by atoms with Crippen molar-refractivity contribution in [3.8, 4) is 0 Å². The molecule has 0 aromatic carbocycles. The first kappa shape index (κ1) is 10.5. The van der Waals surface area contributed by atoms with Crippen molar-refractivity contribution in [3.05, 3.63) is 0 Å². The summed E-state index contributed by atoms with van der Waals surface area (Å²) in [6.45, 7) is 5.15. The Hall–Kier alpha value is -0.570. The Morgan fingerprint density at radius 3 is 2.62 bits per heavy atom. The average Bonchev–Trinajstić information content (AvgIpc) is 2.55. The zero-order valence-corrected chi connectivity index (χ0v) is 8.42. The number of rotatable bonds is 4. The van der Waals surface area contributed by atoms with Crippen LogP contribution in [-0.2, 0) is 4.79 Å². The second-order valence-electron chi connectivity index (χ2n) is 3.80. The Labute approximate surface area is 79.5 Å². The van der Waals surface area contributed by atoms with Crippen molar-refractivity contribution in [2.75, 3.05) is 6.54 Å². The predicted molar refractivity (Wildman–Crippen MR) is 51.6 cm³/mol. The molecule has 2 unspecified atom stereocenters. The lowest BCUT2D eigenvalue weighted by Gasteiger charge is -2.23. The number of carboxylic acids is 1. The summed E-state index contributed by atoms with van der Waals surface area (Å²) in [4.78, 5) is 10.9. The van der Waals surface area contributed by atoms with Crippen LogP contribution >= 0.6 is 0 Å². The van der Waals surface area contributed by atoms with Gasteiger partial charge in [-0.05, 0) is 24.8 Å². The van der Waals surface area contributed by atoms with Gasteiger partial charge in [-0.15, -0.1) is 0 Å². The topological polar surface area (TPSA) is 49.3 Å². The Morgan fingerprint density at radius 1 is 1.54 bits per heavy atom. The highest BCUT2D eigenvalue weighted by molar-refractivity contribution is 5.74. The first-order chi connectivity index (χ1) is 6.20. The molecular weight excluding hydrogens is 166 g/mol. The molecule has 0 radical (unpaired) electrons. The third-order valence-electron chi connectivity index (χ3n) is 3.19. The monoisotopic (exact) mass is 185 g/mol. The second kappa shape index (κ2) is 4.61. The van der Waals surface area contributed by atoms with Gasteiger partial charge >= 0.3 is 5.97 Å². The van der Waals surface area contributed by atoms with Gasteiger partial charge in [-0.3, -0.25) is 4.79 Å². The molecule has 0 aromatic heterocycles. The maximum Gasteiger partial charge on any atom is 0.320 e. The lowest BCUT2D eigenvalue weighted by atomic mass is 9.83. The fraction of sp³-hybridized carbons (Fsp3) is 0.900. The molecule has 1 aliphatic heterocycles. The van der Waals surface area contributed by atoms with Crippen LogP contribution in [0.4, 0.5) is 0 Å². The molecule has 0 bridgehead atoms. The highest BCUT2D eigenvalue weighted by atomic mass is 16.4. The molecule has 0 saturated carbocycles. The summed E-state index contributed by atoms with van der Waals surface area (Å²) >= 11 is 0. The lowest BCUT2D eigenvalue weighted by Crippen LogP contribution is -2.38. The number of hydrogen-bond donors (Lipinski definition) is 2. The van der Waals surface area contributed by atoms with E-state index >= 15 is 0 Å². The van der Waals surface area contributed by atoms with Crippen molar-refractivity contribution < 1.29 is 9.90 Å². The van der Waals surface area contributed by atoms with E-state index in [1.54, 1.807) is 0 Å². The van der Waals surface area contributed by atoms with Crippen molar-refractivity contribution >= 4 is 5.97 Å². The molecule has 1 heterocycles. The van der Waals surface area contributed by atoms with E-state index in [-0.39, 0.29) is 6.04 Å². The van der Waals surface area contributed by atoms with Gasteiger partial charge in [0, 0.05) is 0 Å². The largest absolute Gasteiger partial charge is 0.480 e. The van der Waals surface area contributed by atoms with Crippen molar-refractivity contribution in [2.45, 2.75) is 39.2 Å². The Bertz CT molecular complexity index is 178. The van der Waals surface area contributed by atoms with E-state index in [9.17, 15) is 4.79 Å². The first-order valence-electron chi connectivity index (χ1n) is 5.16. The van der Waals surface area contributed by atoms with Gasteiger partial charge in [0.15, 0.2) is 0 Å². The zero-order chi connectivity index (χ0) is 9.84. The van der Waals surface area contributed by atoms with Gasteiger partial charge in [0.05, 0.1) is 0 Å². The molecule has 13 heavy (non-hydrogen) atoms. The molecule has 3 nitrogen and oxygen atoms in total. The summed E-state index contributed by atoms with van der Waals surface area (Å²) in [7, 11) is 0. The maximum atomic E-state index is 10.9. The van der Waals surface area contributed by atoms with E-state index in [4.69, 9.17) is 5.11 Å². The standard InChI is InChI=1S/C10H19NO2/c1-3-7(4-2)8-5-6-11-9(8)10(12)13/h7-9,11H,3-6H2,1-2H3,(H,12,13). The molecule has 76 valence electrons. The normalized spacial score (nSPS) is 28.2. The Balaban J connectivity index is 2.61. The number of nitrogens with one attached hydrogen (secondary N) is 1. The molecule has 3 heteroatoms. The van der Waals surface area contributed by atoms with E-state index < -0.39 is 5.97 Å². The quantitative estimate of drug-likeness (QED) is 0.697. The van der Waals surface area contributed by atoms with Crippen molar-refractivity contribution in [1.29, 1.82) is 0 Å². The van der Waals surface area contributed by atoms with Crippen LogP contribution in [0.25, 0.3) is 0 Å². The summed E-state index contributed by atoms with van der Waals surface area (Å²) in [5.41, 5.74) is 0. The lowest BCUT2D eigenvalue weighted by molar-refractivity contribution is -0.140. The van der Waals surface area contributed by atoms with Gasteiger partial charge in [0.25, 0.3) is 0 Å². The summed E-state index contributed by atoms with van der Waals surface area (Å²) < 4.78 is 0. The van der Waals surface area contributed by atoms with Gasteiger partial charge < -0.3 is 10.4 Å². The molecule has 0 amide bonds. The summed E-state index contributed by atoms with van der Waals surface area (Å²) in [5, 5.41) is 12.0. The molecular formula is C10H19NO2. The maximum absolute atomic E-state index is 10.9. The Morgan fingerprint density at radius 2 is 2.15 bits per heavy atom. The molecule has 2 atom stereocenters. The van der Waals surface area contributed by atoms with E-state index in [1.165, 1.54) is 0 Å². The summed E-state index contributed by atoms with van der Waals surface area (Å²) in [6, 6.07) is -0.301. The minimum absolute atomic E-state index is 0.301. The van der Waals surface area contributed by atoms with Crippen LogP contribution in [0.1, 0.15) is 33.1 Å². The van der Waals surface area contributed by atoms with Gasteiger partial charge in [-0.2, -0.15) is 0 Å². The van der Waals surface area contributed by atoms with Crippen molar-refractivity contribution in [1.82, 2.24) is 5.32 Å². The van der Waals surface area contributed by atoms with Crippen molar-refractivity contribution in [3.63, 3.8) is 0 Å². The van der Waals surface area contributed by atoms with Crippen LogP contribution in [0, 0.1) is 11.8 Å². The zero-order valence-electron chi connectivity index (χ0n) is 8.42. The SMILES string of the molecule is CCC(CC)C1CCNC1C(=O)O. The average molecular weight is 185 g/mol. The molecule has 1 fully saturated rings. The molecule has 1 rings (SSSR count). The summed E-state index contributed by atoms with van der Waals surface area (Å²) in [5.74, 6) is 0.220. The van der Waals surface area contributed by atoms with Gasteiger partial charge in [0.2, 0.25) is 0 Å². The molecule has 2 N–H and O–H groups in total. The van der Waals surface area contributed by atoms with Gasteiger partial charge in [0.1, 0.15) is 6.04 Å². The fourth-order valence-electron chi connectivity index (χ4n) is 2.40. The van der Waals surface area contributed by atoms with E-state index in [0.29, 0.717) is 11.8 Å². The molecule has 1 aliphatic rings. The molecule has 0 aromatic rings. The highest BCUT2D eigenvalue weighted by Gasteiger charge is 2.36. The van der Waals surface area contributed by atoms with Crippen LogP contribution < -0.4 is 5.32 Å². The van der Waals surface area contributed by atoms with Crippen LogP contribution in [0.15, 0.2) is 0 Å². The molecule has 1 saturated heterocycles. The summed E-state index contributed by atoms with van der Waals surface area (Å²) in [6.07, 6.45) is 3.20. The molecule has 0 spiro atoms. The fourth-order valence-corrected chi connectivity index (χ4v) is 2.40. The highest BCUT2D eigenvalue weighted by Crippen LogP contribution is 2.29. The smallest absolute Gasteiger partial charge is 0.320 e. The number of aliphatic carboxylic acids is 1. The van der Waals surface area contributed by atoms with Gasteiger partial charge in [-0.25, -0.2) is 0 Å². The van der Waals surface area contributed by atoms with Crippen molar-refractivity contribution in [2.24, 2.45) is 11.8 Å². The van der Waals surface area contributed by atoms with Crippen LogP contribution in [0.5, 0.6) is 0 Å². The van der Waals surface area contributed by atoms with Gasteiger partial charge in [-0.1, -0.05) is 26.7 Å².